The number of anilines is 2. The smallest absolute Gasteiger partial charge is 0.307 e. The summed E-state index contributed by atoms with van der Waals surface area (Å²) < 4.78 is 3.79. The van der Waals surface area contributed by atoms with Gasteiger partial charge in [0, 0.05) is 39.6 Å². The van der Waals surface area contributed by atoms with E-state index in [4.69, 9.17) is 5.10 Å². The van der Waals surface area contributed by atoms with Crippen molar-refractivity contribution in [3.63, 3.8) is 0 Å². The summed E-state index contributed by atoms with van der Waals surface area (Å²) in [6.45, 7) is 4.14. The van der Waals surface area contributed by atoms with Crippen molar-refractivity contribution in [2.24, 2.45) is 10.2 Å². The molecule has 0 amide bonds. The van der Waals surface area contributed by atoms with Gasteiger partial charge in [0.05, 0.1) is 18.3 Å². The molecule has 0 atom stereocenters. The lowest BCUT2D eigenvalue weighted by Gasteiger charge is -2.12. The Kier molecular flexibility index (Phi) is 6.67. The van der Waals surface area contributed by atoms with E-state index in [9.17, 15) is 0 Å². The van der Waals surface area contributed by atoms with Gasteiger partial charge in [0.25, 0.3) is 0 Å². The summed E-state index contributed by atoms with van der Waals surface area (Å²) in [6, 6.07) is 16.7. The topological polar surface area (TPSA) is 40.0 Å². The predicted molar refractivity (Wildman–Crippen MR) is 126 cm³/mol. The van der Waals surface area contributed by atoms with Crippen molar-refractivity contribution in [3.05, 3.63) is 77.9 Å². The maximum atomic E-state index is 4.80. The minimum Gasteiger partial charge on any atom is -0.378 e. The number of nitrogens with zero attached hydrogens (tertiary/aromatic N) is 6. The first-order valence-corrected chi connectivity index (χ1v) is 10.2. The molecule has 1 aromatic heterocycles. The van der Waals surface area contributed by atoms with Crippen LogP contribution < -0.4 is 14.5 Å². The van der Waals surface area contributed by atoms with Crippen molar-refractivity contribution in [2.75, 3.05) is 38.0 Å². The number of rotatable bonds is 7. The van der Waals surface area contributed by atoms with Gasteiger partial charge in [-0.05, 0) is 42.3 Å². The molecule has 0 saturated carbocycles. The molecule has 2 aromatic carbocycles. The van der Waals surface area contributed by atoms with Crippen LogP contribution in [0.4, 0.5) is 11.4 Å². The van der Waals surface area contributed by atoms with Gasteiger partial charge in [0.15, 0.2) is 12.4 Å². The van der Waals surface area contributed by atoms with Crippen molar-refractivity contribution in [1.82, 2.24) is 4.68 Å². The van der Waals surface area contributed by atoms with Crippen molar-refractivity contribution in [1.29, 1.82) is 0 Å². The fraction of sp³-hybridized carbons (Fsp3) is 0.292. The number of aromatic nitrogens is 2. The second-order valence-corrected chi connectivity index (χ2v) is 7.61. The molecule has 30 heavy (non-hydrogen) atoms. The molecule has 0 N–H and O–H groups in total. The van der Waals surface area contributed by atoms with Gasteiger partial charge in [0.1, 0.15) is 0 Å². The SMILES string of the molecule is CCc1n(/N=C/c2ccc(N(C)C)cc2)cc[n+]1/N=C(\C)c1ccc(N(C)C)cc1. The van der Waals surface area contributed by atoms with Gasteiger partial charge in [-0.3, -0.25) is 0 Å². The zero-order valence-corrected chi connectivity index (χ0v) is 18.7. The van der Waals surface area contributed by atoms with E-state index in [0.717, 1.165) is 29.1 Å². The van der Waals surface area contributed by atoms with Crippen LogP contribution in [0, 0.1) is 0 Å². The molecular weight excluding hydrogens is 372 g/mol. The van der Waals surface area contributed by atoms with Gasteiger partial charge in [-0.15, -0.1) is 9.35 Å². The molecule has 0 fully saturated rings. The zero-order chi connectivity index (χ0) is 21.7. The Morgan fingerprint density at radius 3 is 2.03 bits per heavy atom. The second-order valence-electron chi connectivity index (χ2n) is 7.61. The van der Waals surface area contributed by atoms with Crippen LogP contribution >= 0.6 is 0 Å². The standard InChI is InChI=1S/C24H31N6/c1-7-24-29(25-18-20-8-12-22(13-9-20)27(3)4)16-17-30(24)26-19(2)21-10-14-23(15-11-21)28(5)6/h8-18H,7H2,1-6H3/q+1/b25-18+,26-19+. The third-order valence-electron chi connectivity index (χ3n) is 4.99. The monoisotopic (exact) mass is 403 g/mol. The van der Waals surface area contributed by atoms with Crippen LogP contribution in [0.3, 0.4) is 0 Å². The third kappa shape index (κ3) is 4.95. The van der Waals surface area contributed by atoms with Crippen molar-refractivity contribution in [2.45, 2.75) is 20.3 Å². The second kappa shape index (κ2) is 9.39. The van der Waals surface area contributed by atoms with E-state index in [1.54, 1.807) is 0 Å². The highest BCUT2D eigenvalue weighted by atomic mass is 15.5. The highest BCUT2D eigenvalue weighted by molar-refractivity contribution is 5.98. The number of hydrogen-bond acceptors (Lipinski definition) is 4. The molecule has 1 heterocycles. The van der Waals surface area contributed by atoms with Gasteiger partial charge in [-0.25, -0.2) is 0 Å². The molecule has 0 bridgehead atoms. The van der Waals surface area contributed by atoms with Gasteiger partial charge >= 0.3 is 5.82 Å². The molecule has 6 heteroatoms. The maximum absolute atomic E-state index is 4.80. The van der Waals surface area contributed by atoms with Crippen LogP contribution in [0.1, 0.15) is 30.8 Å². The zero-order valence-electron chi connectivity index (χ0n) is 18.7. The Bertz CT molecular complexity index is 1020. The molecular formula is C24H31N6+. The summed E-state index contributed by atoms with van der Waals surface area (Å²) in [7, 11) is 8.15. The molecule has 0 saturated heterocycles. The molecule has 3 aromatic rings. The fourth-order valence-electron chi connectivity index (χ4n) is 3.13. The van der Waals surface area contributed by atoms with Crippen LogP contribution in [0.5, 0.6) is 0 Å². The van der Waals surface area contributed by atoms with Crippen LogP contribution in [-0.4, -0.2) is 44.8 Å². The summed E-state index contributed by atoms with van der Waals surface area (Å²) in [4.78, 5) is 4.17. The van der Waals surface area contributed by atoms with Gasteiger partial charge in [0.2, 0.25) is 0 Å². The Balaban J connectivity index is 1.81. The maximum Gasteiger partial charge on any atom is 0.307 e. The van der Waals surface area contributed by atoms with E-state index < -0.39 is 0 Å². The lowest BCUT2D eigenvalue weighted by atomic mass is 10.1. The molecule has 3 rings (SSSR count). The minimum atomic E-state index is 0.820. The first-order chi connectivity index (χ1) is 14.4. The van der Waals surface area contributed by atoms with Crippen LogP contribution in [-0.2, 0) is 6.42 Å². The van der Waals surface area contributed by atoms with Crippen LogP contribution in [0.15, 0.2) is 71.1 Å². The summed E-state index contributed by atoms with van der Waals surface area (Å²) >= 11 is 0. The van der Waals surface area contributed by atoms with Gasteiger partial charge < -0.3 is 9.80 Å². The number of hydrogen-bond donors (Lipinski definition) is 0. The van der Waals surface area contributed by atoms with Gasteiger partial charge in [-0.1, -0.05) is 41.4 Å². The van der Waals surface area contributed by atoms with E-state index in [1.807, 2.05) is 63.1 Å². The highest BCUT2D eigenvalue weighted by Crippen LogP contribution is 2.13. The van der Waals surface area contributed by atoms with Gasteiger partial charge in [-0.2, -0.15) is 0 Å². The average molecular weight is 404 g/mol. The normalized spacial score (nSPS) is 11.9. The summed E-state index contributed by atoms with van der Waals surface area (Å²) in [5.41, 5.74) is 5.47. The van der Waals surface area contributed by atoms with E-state index >= 15 is 0 Å². The van der Waals surface area contributed by atoms with Crippen molar-refractivity contribution >= 4 is 23.3 Å². The molecule has 0 spiro atoms. The number of benzene rings is 2. The third-order valence-corrected chi connectivity index (χ3v) is 4.99. The predicted octanol–water partition coefficient (Wildman–Crippen LogP) is 3.62. The Morgan fingerprint density at radius 2 is 1.50 bits per heavy atom. The Hall–Kier alpha value is -3.41. The molecule has 0 aliphatic heterocycles. The minimum absolute atomic E-state index is 0.820. The van der Waals surface area contributed by atoms with E-state index in [2.05, 4.69) is 70.4 Å². The quantitative estimate of drug-likeness (QED) is 0.446. The first-order valence-electron chi connectivity index (χ1n) is 10.2. The van der Waals surface area contributed by atoms with E-state index in [0.29, 0.717) is 0 Å². The number of imidazole rings is 1. The van der Waals surface area contributed by atoms with Crippen molar-refractivity contribution in [3.8, 4) is 0 Å². The van der Waals surface area contributed by atoms with Crippen molar-refractivity contribution < 1.29 is 4.68 Å². The van der Waals surface area contributed by atoms with E-state index in [1.165, 1.54) is 11.4 Å². The van der Waals surface area contributed by atoms with Crippen LogP contribution in [0.25, 0.3) is 0 Å². The molecule has 0 aliphatic carbocycles. The summed E-state index contributed by atoms with van der Waals surface area (Å²) in [5, 5.41) is 9.44. The molecule has 0 unspecified atom stereocenters. The molecule has 0 radical (unpaired) electrons. The molecule has 0 aliphatic rings. The Labute approximate surface area is 179 Å². The first kappa shape index (κ1) is 21.3. The lowest BCUT2D eigenvalue weighted by Crippen LogP contribution is -2.32. The Morgan fingerprint density at radius 1 is 0.933 bits per heavy atom. The lowest BCUT2D eigenvalue weighted by molar-refractivity contribution is -0.685. The van der Waals surface area contributed by atoms with Crippen LogP contribution in [0.2, 0.25) is 0 Å². The summed E-state index contributed by atoms with van der Waals surface area (Å²) in [5.74, 6) is 1.01. The highest BCUT2D eigenvalue weighted by Gasteiger charge is 2.15. The summed E-state index contributed by atoms with van der Waals surface area (Å²) in [6.07, 6.45) is 6.58. The average Bonchev–Trinajstić information content (AvgIpc) is 3.13. The molecule has 6 nitrogen and oxygen atoms in total. The largest absolute Gasteiger partial charge is 0.378 e. The van der Waals surface area contributed by atoms with E-state index in [-0.39, 0.29) is 0 Å². The fourth-order valence-corrected chi connectivity index (χ4v) is 3.13. The molecule has 156 valence electrons.